The Morgan fingerprint density at radius 2 is 1.88 bits per heavy atom. The largest absolute Gasteiger partial charge is 0.383 e. The molecule has 1 fully saturated rings. The Labute approximate surface area is 238 Å². The van der Waals surface area contributed by atoms with Gasteiger partial charge in [0.25, 0.3) is 11.5 Å². The van der Waals surface area contributed by atoms with Crippen LogP contribution in [-0.2, 0) is 16.6 Å². The second-order valence-electron chi connectivity index (χ2n) is 10.5. The molecule has 0 saturated carbocycles. The lowest BCUT2D eigenvalue weighted by atomic mass is 9.97. The summed E-state index contributed by atoms with van der Waals surface area (Å²) in [7, 11) is 4.12. The van der Waals surface area contributed by atoms with E-state index in [0.29, 0.717) is 34.7 Å². The van der Waals surface area contributed by atoms with E-state index in [2.05, 4.69) is 36.9 Å². The van der Waals surface area contributed by atoms with Crippen LogP contribution in [0.25, 0.3) is 22.4 Å². The molecular formula is C28H30BN7O4S. The minimum atomic E-state index is -3.79. The van der Waals surface area contributed by atoms with Crippen molar-refractivity contribution in [3.05, 3.63) is 70.1 Å². The van der Waals surface area contributed by atoms with Gasteiger partial charge >= 0.3 is 0 Å². The Bertz CT molecular complexity index is 1790. The highest BCUT2D eigenvalue weighted by Crippen LogP contribution is 2.32. The van der Waals surface area contributed by atoms with E-state index in [0.717, 1.165) is 37.0 Å². The molecule has 1 saturated heterocycles. The number of nitrogens with zero attached hydrogens (tertiary/aromatic N) is 3. The van der Waals surface area contributed by atoms with Gasteiger partial charge in [-0.25, -0.2) is 18.1 Å². The van der Waals surface area contributed by atoms with Crippen molar-refractivity contribution >= 4 is 46.0 Å². The highest BCUT2D eigenvalue weighted by Gasteiger charge is 2.34. The van der Waals surface area contributed by atoms with E-state index in [1.807, 2.05) is 11.0 Å². The number of likely N-dealkylation sites (tertiary alicyclic amines) is 1. The van der Waals surface area contributed by atoms with E-state index in [9.17, 15) is 18.0 Å². The smallest absolute Gasteiger partial charge is 0.261 e. The Balaban J connectivity index is 1.19. The van der Waals surface area contributed by atoms with E-state index in [-0.39, 0.29) is 41.0 Å². The molecule has 11 nitrogen and oxygen atoms in total. The van der Waals surface area contributed by atoms with E-state index in [4.69, 9.17) is 7.85 Å². The van der Waals surface area contributed by atoms with Crippen molar-refractivity contribution in [2.75, 3.05) is 38.5 Å². The molecule has 2 aliphatic heterocycles. The van der Waals surface area contributed by atoms with Crippen molar-refractivity contribution in [2.45, 2.75) is 30.3 Å². The van der Waals surface area contributed by atoms with E-state index < -0.39 is 10.0 Å². The van der Waals surface area contributed by atoms with Gasteiger partial charge in [0.1, 0.15) is 19.2 Å². The number of aromatic amines is 2. The normalized spacial score (nSPS) is 16.4. The van der Waals surface area contributed by atoms with Crippen LogP contribution in [0.3, 0.4) is 0 Å². The molecule has 2 aliphatic rings. The van der Waals surface area contributed by atoms with Gasteiger partial charge in [0, 0.05) is 37.4 Å². The predicted octanol–water partition coefficient (Wildman–Crippen LogP) is 1.15. The molecular weight excluding hydrogens is 541 g/mol. The third kappa shape index (κ3) is 5.28. The maximum atomic E-state index is 13.3. The van der Waals surface area contributed by atoms with Crippen molar-refractivity contribution in [3.63, 3.8) is 0 Å². The molecule has 0 unspecified atom stereocenters. The van der Waals surface area contributed by atoms with Crippen LogP contribution in [-0.4, -0.2) is 86.2 Å². The van der Waals surface area contributed by atoms with E-state index in [1.54, 1.807) is 24.3 Å². The fourth-order valence-corrected chi connectivity index (χ4v) is 6.77. The summed E-state index contributed by atoms with van der Waals surface area (Å²) in [6.07, 6.45) is 3.44. The van der Waals surface area contributed by atoms with Gasteiger partial charge in [0.2, 0.25) is 10.0 Å². The van der Waals surface area contributed by atoms with Crippen molar-refractivity contribution in [1.82, 2.24) is 29.5 Å². The van der Waals surface area contributed by atoms with Crippen LogP contribution in [0.2, 0.25) is 0 Å². The number of amides is 1. The fraction of sp³-hybridized carbons (Fsp3) is 0.321. The molecule has 41 heavy (non-hydrogen) atoms. The molecule has 0 atom stereocenters. The van der Waals surface area contributed by atoms with Crippen molar-refractivity contribution in [3.8, 4) is 11.4 Å². The van der Waals surface area contributed by atoms with Crippen molar-refractivity contribution in [2.24, 2.45) is 0 Å². The quantitative estimate of drug-likeness (QED) is 0.184. The summed E-state index contributed by atoms with van der Waals surface area (Å²) in [5.74, 6) is 0.380. The van der Waals surface area contributed by atoms with Gasteiger partial charge in [0.15, 0.2) is 0 Å². The summed E-state index contributed by atoms with van der Waals surface area (Å²) < 4.78 is 27.8. The summed E-state index contributed by atoms with van der Waals surface area (Å²) in [6, 6.07) is 11.9. The average Bonchev–Trinajstić information content (AvgIpc) is 3.50. The van der Waals surface area contributed by atoms with Crippen molar-refractivity contribution < 1.29 is 13.2 Å². The highest BCUT2D eigenvalue weighted by molar-refractivity contribution is 7.89. The fourth-order valence-electron chi connectivity index (χ4n) is 5.61. The minimum absolute atomic E-state index is 0.0129. The molecule has 210 valence electrons. The lowest BCUT2D eigenvalue weighted by Gasteiger charge is -2.34. The second-order valence-corrected chi connectivity index (χ2v) is 12.3. The molecule has 2 radical (unpaired) electrons. The maximum absolute atomic E-state index is 13.3. The van der Waals surface area contributed by atoms with Gasteiger partial charge < -0.3 is 25.1 Å². The Morgan fingerprint density at radius 1 is 1.10 bits per heavy atom. The number of sulfonamides is 1. The number of hydrogen-bond donors (Lipinski definition) is 4. The third-order valence-corrected chi connectivity index (χ3v) is 9.34. The number of anilines is 1. The number of carbonyl (C=O) groups is 1. The number of hydrogen-bond acceptors (Lipinski definition) is 7. The SMILES string of the molecule is [B]c1ccccc1S(=O)(=O)NCCNc1cc[nH]c(=O)c1-c1nc2cc3c(cc2[nH]1)CN(C1CCN(C)CC1)C3=O. The van der Waals surface area contributed by atoms with Crippen LogP contribution in [0.5, 0.6) is 0 Å². The summed E-state index contributed by atoms with van der Waals surface area (Å²) in [6.45, 7) is 2.79. The number of H-pyrrole nitrogens is 2. The third-order valence-electron chi connectivity index (χ3n) is 7.81. The summed E-state index contributed by atoms with van der Waals surface area (Å²) in [5, 5.41) is 3.13. The van der Waals surface area contributed by atoms with Crippen LogP contribution in [0.4, 0.5) is 5.69 Å². The first-order valence-corrected chi connectivity index (χ1v) is 15.0. The van der Waals surface area contributed by atoms with Gasteiger partial charge in [-0.1, -0.05) is 23.7 Å². The Hall–Kier alpha value is -3.94. The molecule has 2 aromatic heterocycles. The number of nitrogens with one attached hydrogen (secondary N) is 4. The number of aromatic nitrogens is 3. The number of carbonyl (C=O) groups excluding carboxylic acids is 1. The van der Waals surface area contributed by atoms with Crippen LogP contribution in [0, 0.1) is 0 Å². The van der Waals surface area contributed by atoms with Crippen molar-refractivity contribution in [1.29, 1.82) is 0 Å². The molecule has 0 aliphatic carbocycles. The van der Waals surface area contributed by atoms with Crippen LogP contribution in [0.1, 0.15) is 28.8 Å². The summed E-state index contributed by atoms with van der Waals surface area (Å²) in [4.78, 5) is 41.0. The number of pyridine rings is 1. The second kappa shape index (κ2) is 10.8. The molecule has 13 heteroatoms. The minimum Gasteiger partial charge on any atom is -0.383 e. The van der Waals surface area contributed by atoms with Gasteiger partial charge in [-0.3, -0.25) is 9.59 Å². The zero-order valence-corrected chi connectivity index (χ0v) is 23.4. The molecule has 4 heterocycles. The first-order chi connectivity index (χ1) is 19.7. The Kier molecular flexibility index (Phi) is 7.18. The molecule has 0 spiro atoms. The predicted molar refractivity (Wildman–Crippen MR) is 158 cm³/mol. The topological polar surface area (TPSA) is 143 Å². The lowest BCUT2D eigenvalue weighted by molar-refractivity contribution is 0.0617. The number of benzene rings is 2. The first kappa shape index (κ1) is 27.2. The van der Waals surface area contributed by atoms with E-state index >= 15 is 0 Å². The van der Waals surface area contributed by atoms with Gasteiger partial charge in [-0.05, 0) is 62.8 Å². The Morgan fingerprint density at radius 3 is 2.66 bits per heavy atom. The van der Waals surface area contributed by atoms with Gasteiger partial charge in [0.05, 0.1) is 21.6 Å². The molecule has 6 rings (SSSR count). The van der Waals surface area contributed by atoms with Crippen LogP contribution < -0.4 is 21.1 Å². The zero-order valence-electron chi connectivity index (χ0n) is 22.6. The lowest BCUT2D eigenvalue weighted by Crippen LogP contribution is -2.43. The number of imidazole rings is 1. The highest BCUT2D eigenvalue weighted by atomic mass is 32.2. The molecule has 4 aromatic rings. The number of piperidine rings is 1. The molecule has 0 bridgehead atoms. The van der Waals surface area contributed by atoms with Gasteiger partial charge in [-0.15, -0.1) is 0 Å². The van der Waals surface area contributed by atoms with E-state index in [1.165, 1.54) is 18.3 Å². The summed E-state index contributed by atoms with van der Waals surface area (Å²) >= 11 is 0. The molecule has 1 amide bonds. The summed E-state index contributed by atoms with van der Waals surface area (Å²) in [5.41, 5.74) is 3.52. The monoisotopic (exact) mass is 571 g/mol. The maximum Gasteiger partial charge on any atom is 0.261 e. The molecule has 2 aromatic carbocycles. The standard InChI is InChI=1S/C28H30BN7O4S/c1-35-12-7-18(8-13-35)36-16-17-14-22-23(15-19(17)28(36)38)34-26(33-22)25-21(6-9-31-27(25)37)30-10-11-32-41(39,40)24-5-3-2-4-20(24)29/h2-6,9,14-15,18,32H,7-8,10-13,16H2,1H3,(H,33,34)(H2,30,31,37). The number of fused-ring (bicyclic) bond motifs is 2. The van der Waals surface area contributed by atoms with Crippen LogP contribution in [0.15, 0.2) is 58.4 Å². The number of rotatable bonds is 8. The molecule has 4 N–H and O–H groups in total. The van der Waals surface area contributed by atoms with Gasteiger partial charge in [-0.2, -0.15) is 0 Å². The first-order valence-electron chi connectivity index (χ1n) is 13.5. The zero-order chi connectivity index (χ0) is 28.7. The average molecular weight is 571 g/mol. The van der Waals surface area contributed by atoms with Crippen LogP contribution >= 0.6 is 0 Å².